The third-order valence-electron chi connectivity index (χ3n) is 3.24. The quantitative estimate of drug-likeness (QED) is 0.821. The highest BCUT2D eigenvalue weighted by Gasteiger charge is 2.11. The van der Waals surface area contributed by atoms with Crippen molar-refractivity contribution in [2.75, 3.05) is 31.4 Å². The first kappa shape index (κ1) is 16.6. The van der Waals surface area contributed by atoms with E-state index in [0.29, 0.717) is 28.6 Å². The number of pyridine rings is 1. The van der Waals surface area contributed by atoms with Crippen LogP contribution in [-0.2, 0) is 0 Å². The molecule has 0 unspecified atom stereocenters. The van der Waals surface area contributed by atoms with Gasteiger partial charge in [0.1, 0.15) is 17.3 Å². The van der Waals surface area contributed by atoms with Crippen LogP contribution in [0.2, 0.25) is 0 Å². The molecule has 0 aliphatic heterocycles. The van der Waals surface area contributed by atoms with Crippen molar-refractivity contribution in [3.05, 3.63) is 42.1 Å². The molecule has 1 amide bonds. The molecular weight excluding hydrogens is 294 g/mol. The third-order valence-corrected chi connectivity index (χ3v) is 3.24. The molecule has 0 radical (unpaired) electrons. The largest absolute Gasteiger partial charge is 0.497 e. The standard InChI is InChI=1S/C17H21N3O3/c1-4-8-18-16-10-12(7-9-19-16)17(21)20-14-6-5-13(22-2)11-15(14)23-3/h5-7,9-11H,4,8H2,1-3H3,(H,18,19)(H,20,21). The number of ether oxygens (including phenoxy) is 2. The molecule has 0 aliphatic rings. The summed E-state index contributed by atoms with van der Waals surface area (Å²) in [5.74, 6) is 1.66. The Morgan fingerprint density at radius 2 is 2.00 bits per heavy atom. The topological polar surface area (TPSA) is 72.5 Å². The maximum Gasteiger partial charge on any atom is 0.255 e. The number of hydrogen-bond donors (Lipinski definition) is 2. The first-order valence-corrected chi connectivity index (χ1v) is 7.41. The zero-order chi connectivity index (χ0) is 16.7. The summed E-state index contributed by atoms with van der Waals surface area (Å²) >= 11 is 0. The molecule has 2 N–H and O–H groups in total. The van der Waals surface area contributed by atoms with Crippen LogP contribution in [0.3, 0.4) is 0 Å². The van der Waals surface area contributed by atoms with Gasteiger partial charge in [-0.15, -0.1) is 0 Å². The van der Waals surface area contributed by atoms with Crippen molar-refractivity contribution in [2.45, 2.75) is 13.3 Å². The van der Waals surface area contributed by atoms with Crippen molar-refractivity contribution < 1.29 is 14.3 Å². The molecule has 2 rings (SSSR count). The van der Waals surface area contributed by atoms with E-state index in [1.807, 2.05) is 0 Å². The fourth-order valence-electron chi connectivity index (χ4n) is 2.02. The lowest BCUT2D eigenvalue weighted by Crippen LogP contribution is -2.13. The predicted molar refractivity (Wildman–Crippen MR) is 90.5 cm³/mol. The van der Waals surface area contributed by atoms with Gasteiger partial charge in [-0.2, -0.15) is 0 Å². The third kappa shape index (κ3) is 4.35. The van der Waals surface area contributed by atoms with Crippen LogP contribution in [0.15, 0.2) is 36.5 Å². The summed E-state index contributed by atoms with van der Waals surface area (Å²) in [5.41, 5.74) is 1.11. The van der Waals surface area contributed by atoms with Gasteiger partial charge in [0.2, 0.25) is 0 Å². The molecule has 23 heavy (non-hydrogen) atoms. The van der Waals surface area contributed by atoms with Gasteiger partial charge in [0.05, 0.1) is 19.9 Å². The zero-order valence-corrected chi connectivity index (χ0v) is 13.6. The van der Waals surface area contributed by atoms with Crippen molar-refractivity contribution in [1.82, 2.24) is 4.98 Å². The van der Waals surface area contributed by atoms with E-state index in [-0.39, 0.29) is 5.91 Å². The molecule has 1 aromatic heterocycles. The van der Waals surface area contributed by atoms with Gasteiger partial charge in [-0.3, -0.25) is 4.79 Å². The van der Waals surface area contributed by atoms with Gasteiger partial charge in [-0.25, -0.2) is 4.98 Å². The SMILES string of the molecule is CCCNc1cc(C(=O)Nc2ccc(OC)cc2OC)ccn1. The molecule has 6 heteroatoms. The Morgan fingerprint density at radius 1 is 1.17 bits per heavy atom. The van der Waals surface area contributed by atoms with Crippen LogP contribution in [0.5, 0.6) is 11.5 Å². The van der Waals surface area contributed by atoms with E-state index in [0.717, 1.165) is 13.0 Å². The van der Waals surface area contributed by atoms with Gasteiger partial charge in [0.25, 0.3) is 5.91 Å². The van der Waals surface area contributed by atoms with Crippen LogP contribution < -0.4 is 20.1 Å². The Labute approximate surface area is 135 Å². The molecule has 2 aromatic rings. The summed E-state index contributed by atoms with van der Waals surface area (Å²) in [6.07, 6.45) is 2.60. The monoisotopic (exact) mass is 315 g/mol. The molecule has 1 aromatic carbocycles. The van der Waals surface area contributed by atoms with E-state index in [9.17, 15) is 4.79 Å². The molecule has 0 aliphatic carbocycles. The molecule has 1 heterocycles. The second kappa shape index (κ2) is 8.03. The maximum atomic E-state index is 12.4. The summed E-state index contributed by atoms with van der Waals surface area (Å²) in [7, 11) is 3.12. The average Bonchev–Trinajstić information content (AvgIpc) is 2.60. The van der Waals surface area contributed by atoms with Gasteiger partial charge in [0.15, 0.2) is 0 Å². The van der Waals surface area contributed by atoms with Crippen molar-refractivity contribution in [2.24, 2.45) is 0 Å². The van der Waals surface area contributed by atoms with Crippen molar-refractivity contribution in [3.8, 4) is 11.5 Å². The van der Waals surface area contributed by atoms with Gasteiger partial charge < -0.3 is 20.1 Å². The van der Waals surface area contributed by atoms with E-state index in [4.69, 9.17) is 9.47 Å². The minimum Gasteiger partial charge on any atom is -0.497 e. The highest BCUT2D eigenvalue weighted by Crippen LogP contribution is 2.29. The Bertz CT molecular complexity index is 674. The zero-order valence-electron chi connectivity index (χ0n) is 13.6. The fraction of sp³-hybridized carbons (Fsp3) is 0.294. The lowest BCUT2D eigenvalue weighted by Gasteiger charge is -2.12. The number of methoxy groups -OCH3 is 2. The lowest BCUT2D eigenvalue weighted by molar-refractivity contribution is 0.102. The molecule has 0 saturated heterocycles. The number of anilines is 2. The van der Waals surface area contributed by atoms with E-state index >= 15 is 0 Å². The Hall–Kier alpha value is -2.76. The molecule has 0 spiro atoms. The lowest BCUT2D eigenvalue weighted by atomic mass is 10.2. The molecular formula is C17H21N3O3. The molecule has 0 bridgehead atoms. The molecule has 6 nitrogen and oxygen atoms in total. The Balaban J connectivity index is 2.15. The van der Waals surface area contributed by atoms with Gasteiger partial charge >= 0.3 is 0 Å². The Kier molecular flexibility index (Phi) is 5.80. The van der Waals surface area contributed by atoms with Gasteiger partial charge in [-0.05, 0) is 30.7 Å². The first-order valence-electron chi connectivity index (χ1n) is 7.41. The summed E-state index contributed by atoms with van der Waals surface area (Å²) in [5, 5.41) is 6.00. The highest BCUT2D eigenvalue weighted by atomic mass is 16.5. The van der Waals surface area contributed by atoms with E-state index in [1.54, 1.807) is 50.7 Å². The number of nitrogens with zero attached hydrogens (tertiary/aromatic N) is 1. The minimum atomic E-state index is -0.226. The molecule has 0 fully saturated rings. The summed E-state index contributed by atoms with van der Waals surface area (Å²) < 4.78 is 10.4. The van der Waals surface area contributed by atoms with Crippen molar-refractivity contribution in [3.63, 3.8) is 0 Å². The normalized spacial score (nSPS) is 10.0. The van der Waals surface area contributed by atoms with Crippen LogP contribution in [0.25, 0.3) is 0 Å². The number of aromatic nitrogens is 1. The van der Waals surface area contributed by atoms with Gasteiger partial charge in [-0.1, -0.05) is 6.92 Å². The van der Waals surface area contributed by atoms with E-state index < -0.39 is 0 Å². The average molecular weight is 315 g/mol. The number of carbonyl (C=O) groups excluding carboxylic acids is 1. The second-order valence-corrected chi connectivity index (χ2v) is 4.88. The van der Waals surface area contributed by atoms with Crippen LogP contribution in [0.1, 0.15) is 23.7 Å². The first-order chi connectivity index (χ1) is 11.2. The number of nitrogens with one attached hydrogen (secondary N) is 2. The fourth-order valence-corrected chi connectivity index (χ4v) is 2.02. The highest BCUT2D eigenvalue weighted by molar-refractivity contribution is 6.05. The van der Waals surface area contributed by atoms with Crippen molar-refractivity contribution in [1.29, 1.82) is 0 Å². The number of amides is 1. The van der Waals surface area contributed by atoms with E-state index in [1.165, 1.54) is 0 Å². The number of benzene rings is 1. The van der Waals surface area contributed by atoms with Crippen LogP contribution in [0, 0.1) is 0 Å². The van der Waals surface area contributed by atoms with Crippen LogP contribution >= 0.6 is 0 Å². The molecule has 122 valence electrons. The summed E-state index contributed by atoms with van der Waals surface area (Å²) in [6.45, 7) is 2.88. The number of rotatable bonds is 7. The van der Waals surface area contributed by atoms with Gasteiger partial charge in [0, 0.05) is 24.4 Å². The predicted octanol–water partition coefficient (Wildman–Crippen LogP) is 3.17. The Morgan fingerprint density at radius 3 is 2.70 bits per heavy atom. The molecule has 0 saturated carbocycles. The van der Waals surface area contributed by atoms with E-state index in [2.05, 4.69) is 22.5 Å². The minimum absolute atomic E-state index is 0.226. The summed E-state index contributed by atoms with van der Waals surface area (Å²) in [4.78, 5) is 16.6. The van der Waals surface area contributed by atoms with Crippen LogP contribution in [0.4, 0.5) is 11.5 Å². The number of carbonyl (C=O) groups is 1. The van der Waals surface area contributed by atoms with Crippen molar-refractivity contribution >= 4 is 17.4 Å². The smallest absolute Gasteiger partial charge is 0.255 e. The second-order valence-electron chi connectivity index (χ2n) is 4.88. The molecule has 0 atom stereocenters. The maximum absolute atomic E-state index is 12.4. The van der Waals surface area contributed by atoms with Crippen LogP contribution in [-0.4, -0.2) is 31.7 Å². The summed E-state index contributed by atoms with van der Waals surface area (Å²) in [6, 6.07) is 8.62. The number of hydrogen-bond acceptors (Lipinski definition) is 5.